The highest BCUT2D eigenvalue weighted by Crippen LogP contribution is 2.02. The van der Waals surface area contributed by atoms with Crippen LogP contribution in [0.1, 0.15) is 11.5 Å². The highest BCUT2D eigenvalue weighted by atomic mass is 32.1. The predicted molar refractivity (Wildman–Crippen MR) is 47.8 cm³/mol. The van der Waals surface area contributed by atoms with Gasteiger partial charge in [-0.25, -0.2) is 4.98 Å². The number of oxazole rings is 1. The summed E-state index contributed by atoms with van der Waals surface area (Å²) in [4.78, 5) is 4.00. The molecule has 2 aromatic heterocycles. The molecule has 0 amide bonds. The number of nitrogens with zero attached hydrogens (tertiary/aromatic N) is 3. The van der Waals surface area contributed by atoms with Crippen molar-refractivity contribution in [3.8, 4) is 0 Å². The lowest BCUT2D eigenvalue weighted by Gasteiger charge is -1.98. The van der Waals surface area contributed by atoms with Crippen LogP contribution in [0, 0.1) is 11.7 Å². The van der Waals surface area contributed by atoms with E-state index in [1.807, 2.05) is 11.5 Å². The molecule has 2 heterocycles. The molecule has 13 heavy (non-hydrogen) atoms. The first kappa shape index (κ1) is 8.18. The van der Waals surface area contributed by atoms with Gasteiger partial charge >= 0.3 is 0 Å². The normalized spacial score (nSPS) is 10.5. The second-order valence-electron chi connectivity index (χ2n) is 2.64. The Hall–Kier alpha value is -1.43. The van der Waals surface area contributed by atoms with E-state index in [2.05, 4.69) is 15.2 Å². The number of aromatic nitrogens is 4. The number of hydrogen-bond acceptors (Lipinski definition) is 4. The van der Waals surface area contributed by atoms with Gasteiger partial charge in [0.15, 0.2) is 11.2 Å². The molecule has 0 aromatic carbocycles. The van der Waals surface area contributed by atoms with Crippen molar-refractivity contribution in [1.82, 2.24) is 19.7 Å². The van der Waals surface area contributed by atoms with Crippen molar-refractivity contribution in [3.63, 3.8) is 0 Å². The first-order valence-corrected chi connectivity index (χ1v) is 4.17. The van der Waals surface area contributed by atoms with Crippen LogP contribution in [-0.4, -0.2) is 19.7 Å². The van der Waals surface area contributed by atoms with Gasteiger partial charge in [0.2, 0.25) is 0 Å². The van der Waals surface area contributed by atoms with Crippen LogP contribution in [0.3, 0.4) is 0 Å². The molecular formula is C7H8N4OS. The minimum atomic E-state index is 0.595. The minimum absolute atomic E-state index is 0.595. The second kappa shape index (κ2) is 3.14. The van der Waals surface area contributed by atoms with Gasteiger partial charge < -0.3 is 4.42 Å². The van der Waals surface area contributed by atoms with E-state index in [1.165, 1.54) is 6.39 Å². The van der Waals surface area contributed by atoms with Crippen LogP contribution in [0.5, 0.6) is 0 Å². The molecule has 0 bridgehead atoms. The van der Waals surface area contributed by atoms with Gasteiger partial charge in [0.05, 0.1) is 12.2 Å². The van der Waals surface area contributed by atoms with Gasteiger partial charge in [-0.3, -0.25) is 9.67 Å². The summed E-state index contributed by atoms with van der Waals surface area (Å²) in [5.41, 5.74) is 0.834. The summed E-state index contributed by atoms with van der Waals surface area (Å²) < 4.78 is 7.31. The van der Waals surface area contributed by atoms with E-state index in [1.54, 1.807) is 6.26 Å². The Labute approximate surface area is 79.4 Å². The molecule has 0 unspecified atom stereocenters. The summed E-state index contributed by atoms with van der Waals surface area (Å²) >= 11 is 5.03. The number of rotatable bonds is 2. The van der Waals surface area contributed by atoms with E-state index in [4.69, 9.17) is 16.6 Å². The topological polar surface area (TPSA) is 59.6 Å². The van der Waals surface area contributed by atoms with Crippen molar-refractivity contribution in [2.45, 2.75) is 13.5 Å². The van der Waals surface area contributed by atoms with Gasteiger partial charge in [0.1, 0.15) is 12.1 Å². The third kappa shape index (κ3) is 1.52. The van der Waals surface area contributed by atoms with E-state index in [9.17, 15) is 0 Å². The molecule has 0 spiro atoms. The molecule has 0 radical (unpaired) electrons. The zero-order chi connectivity index (χ0) is 9.26. The fraction of sp³-hybridized carbons (Fsp3) is 0.286. The molecule has 1 N–H and O–H groups in total. The van der Waals surface area contributed by atoms with Crippen LogP contribution in [0.2, 0.25) is 0 Å². The Bertz CT molecular complexity index is 441. The van der Waals surface area contributed by atoms with Crippen molar-refractivity contribution in [1.29, 1.82) is 0 Å². The maximum Gasteiger partial charge on any atom is 0.195 e. The highest BCUT2D eigenvalue weighted by molar-refractivity contribution is 7.71. The third-order valence-corrected chi connectivity index (χ3v) is 2.06. The quantitative estimate of drug-likeness (QED) is 0.735. The molecule has 68 valence electrons. The van der Waals surface area contributed by atoms with Crippen LogP contribution in [0.25, 0.3) is 0 Å². The molecule has 0 aliphatic heterocycles. The smallest absolute Gasteiger partial charge is 0.195 e. The molecule has 6 heteroatoms. The Morgan fingerprint density at radius 1 is 1.69 bits per heavy atom. The van der Waals surface area contributed by atoms with Crippen LogP contribution >= 0.6 is 12.2 Å². The van der Waals surface area contributed by atoms with Crippen LogP contribution in [0.4, 0.5) is 0 Å². The SMILES string of the molecule is Cc1n[nH]c(=S)n1Cc1cocn1. The standard InChI is InChI=1S/C7H8N4OS/c1-5-9-10-7(13)11(5)2-6-3-12-4-8-6/h3-4H,2H2,1H3,(H,10,13). The minimum Gasteiger partial charge on any atom is -0.451 e. The maximum absolute atomic E-state index is 5.03. The Balaban J connectivity index is 2.33. The molecule has 5 nitrogen and oxygen atoms in total. The summed E-state index contributed by atoms with van der Waals surface area (Å²) in [6.45, 7) is 2.48. The van der Waals surface area contributed by atoms with E-state index in [0.29, 0.717) is 11.3 Å². The Morgan fingerprint density at radius 2 is 2.54 bits per heavy atom. The second-order valence-corrected chi connectivity index (χ2v) is 3.03. The van der Waals surface area contributed by atoms with Gasteiger partial charge in [0.25, 0.3) is 0 Å². The van der Waals surface area contributed by atoms with Crippen LogP contribution in [0.15, 0.2) is 17.1 Å². The number of nitrogens with one attached hydrogen (secondary N) is 1. The lowest BCUT2D eigenvalue weighted by atomic mass is 10.4. The summed E-state index contributed by atoms with van der Waals surface area (Å²) in [6.07, 6.45) is 2.99. The van der Waals surface area contributed by atoms with Crippen LogP contribution in [-0.2, 0) is 6.54 Å². The van der Waals surface area contributed by atoms with Crippen molar-refractivity contribution < 1.29 is 4.42 Å². The zero-order valence-corrected chi connectivity index (χ0v) is 7.84. The van der Waals surface area contributed by atoms with Gasteiger partial charge in [-0.2, -0.15) is 5.10 Å². The lowest BCUT2D eigenvalue weighted by Crippen LogP contribution is -2.02. The van der Waals surface area contributed by atoms with Gasteiger partial charge in [-0.1, -0.05) is 0 Å². The average Bonchev–Trinajstić information content (AvgIpc) is 2.70. The fourth-order valence-corrected chi connectivity index (χ4v) is 1.30. The Kier molecular flexibility index (Phi) is 1.97. The molecule has 0 saturated carbocycles. The number of aryl methyl sites for hydroxylation is 1. The van der Waals surface area contributed by atoms with E-state index >= 15 is 0 Å². The molecule has 2 rings (SSSR count). The molecular weight excluding hydrogens is 188 g/mol. The monoisotopic (exact) mass is 196 g/mol. The van der Waals surface area contributed by atoms with E-state index in [-0.39, 0.29) is 0 Å². The summed E-state index contributed by atoms with van der Waals surface area (Å²) in [7, 11) is 0. The lowest BCUT2D eigenvalue weighted by molar-refractivity contribution is 0.555. The first-order valence-electron chi connectivity index (χ1n) is 3.76. The summed E-state index contributed by atoms with van der Waals surface area (Å²) in [5, 5.41) is 6.69. The first-order chi connectivity index (χ1) is 6.27. The Morgan fingerprint density at radius 3 is 3.08 bits per heavy atom. The van der Waals surface area contributed by atoms with Gasteiger partial charge in [-0.15, -0.1) is 0 Å². The van der Waals surface area contributed by atoms with Gasteiger partial charge in [-0.05, 0) is 19.1 Å². The van der Waals surface area contributed by atoms with E-state index in [0.717, 1.165) is 11.5 Å². The molecule has 0 aliphatic rings. The van der Waals surface area contributed by atoms with Crippen LogP contribution < -0.4 is 0 Å². The number of hydrogen-bond donors (Lipinski definition) is 1. The van der Waals surface area contributed by atoms with Crippen molar-refractivity contribution in [2.75, 3.05) is 0 Å². The molecule has 2 aromatic rings. The van der Waals surface area contributed by atoms with Crippen molar-refractivity contribution >= 4 is 12.2 Å². The van der Waals surface area contributed by atoms with Crippen molar-refractivity contribution in [2.24, 2.45) is 0 Å². The summed E-state index contributed by atoms with van der Waals surface area (Å²) in [5.74, 6) is 0.841. The van der Waals surface area contributed by atoms with Crippen molar-refractivity contribution in [3.05, 3.63) is 28.9 Å². The molecule has 0 fully saturated rings. The van der Waals surface area contributed by atoms with Gasteiger partial charge in [0, 0.05) is 0 Å². The largest absolute Gasteiger partial charge is 0.451 e. The predicted octanol–water partition coefficient (Wildman–Crippen LogP) is 1.29. The highest BCUT2D eigenvalue weighted by Gasteiger charge is 2.03. The number of aromatic amines is 1. The molecule has 0 saturated heterocycles. The zero-order valence-electron chi connectivity index (χ0n) is 7.02. The maximum atomic E-state index is 5.03. The van der Waals surface area contributed by atoms with E-state index < -0.39 is 0 Å². The molecule has 0 atom stereocenters. The third-order valence-electron chi connectivity index (χ3n) is 1.75. The average molecular weight is 196 g/mol. The fourth-order valence-electron chi connectivity index (χ4n) is 1.06. The molecule has 0 aliphatic carbocycles. The number of H-pyrrole nitrogens is 1. The summed E-state index contributed by atoms with van der Waals surface area (Å²) in [6, 6.07) is 0.